The molecule has 3 aliphatic heterocycles. The van der Waals surface area contributed by atoms with Crippen LogP contribution >= 0.6 is 0 Å². The third-order valence-corrected chi connectivity index (χ3v) is 13.2. The number of alkyl carbamates (subject to hydrolysis) is 1. The van der Waals surface area contributed by atoms with Crippen LogP contribution in [0.15, 0.2) is 18.2 Å². The van der Waals surface area contributed by atoms with Gasteiger partial charge in [0.2, 0.25) is 27.7 Å². The molecule has 6 amide bonds. The van der Waals surface area contributed by atoms with Crippen molar-refractivity contribution in [2.75, 3.05) is 19.8 Å². The van der Waals surface area contributed by atoms with Gasteiger partial charge in [-0.25, -0.2) is 18.0 Å². The molecule has 58 heavy (non-hydrogen) atoms. The predicted molar refractivity (Wildman–Crippen MR) is 209 cm³/mol. The van der Waals surface area contributed by atoms with Crippen LogP contribution in [0.4, 0.5) is 9.59 Å². The fourth-order valence-corrected chi connectivity index (χ4v) is 9.36. The van der Waals surface area contributed by atoms with Crippen LogP contribution in [-0.4, -0.2) is 114 Å². The van der Waals surface area contributed by atoms with Gasteiger partial charge in [0.05, 0.1) is 18.4 Å². The van der Waals surface area contributed by atoms with Crippen LogP contribution in [0.1, 0.15) is 104 Å². The molecule has 1 aromatic rings. The number of nitrogens with one attached hydrogen (secondary N) is 4. The topological polar surface area (TPSA) is 219 Å². The van der Waals surface area contributed by atoms with Crippen LogP contribution < -0.4 is 20.7 Å². The first-order chi connectivity index (χ1) is 27.1. The molecule has 1 aromatic carbocycles. The zero-order valence-electron chi connectivity index (χ0n) is 34.5. The van der Waals surface area contributed by atoms with E-state index in [1.165, 1.54) is 4.90 Å². The summed E-state index contributed by atoms with van der Waals surface area (Å²) in [6.07, 6.45) is 0.249. The van der Waals surface area contributed by atoms with Crippen molar-refractivity contribution in [2.24, 2.45) is 11.3 Å². The number of benzene rings is 1. The van der Waals surface area contributed by atoms with E-state index in [0.717, 1.165) is 16.7 Å². The molecular weight excluding hydrogens is 773 g/mol. The van der Waals surface area contributed by atoms with E-state index < -0.39 is 91.9 Å². The zero-order chi connectivity index (χ0) is 42.4. The van der Waals surface area contributed by atoms with Gasteiger partial charge in [-0.3, -0.25) is 28.8 Å². The number of nitrogens with zero attached hydrogens (tertiary/aromatic N) is 2. The fourth-order valence-electron chi connectivity index (χ4n) is 8.00. The number of carbonyl (C=O) groups excluding carboxylic acids is 6. The number of rotatable bonds is 7. The average molecular weight is 831 g/mol. The van der Waals surface area contributed by atoms with E-state index in [0.29, 0.717) is 45.2 Å². The van der Waals surface area contributed by atoms with Crippen LogP contribution in [0.5, 0.6) is 0 Å². The Morgan fingerprint density at radius 3 is 2.38 bits per heavy atom. The molecule has 6 rings (SSSR count). The minimum absolute atomic E-state index is 0.119. The smallest absolute Gasteiger partial charge is 0.410 e. The van der Waals surface area contributed by atoms with E-state index in [1.54, 1.807) is 46.4 Å². The van der Waals surface area contributed by atoms with Crippen molar-refractivity contribution in [3.63, 3.8) is 0 Å². The fraction of sp³-hybridized carbons (Fsp3) is 0.700. The highest BCUT2D eigenvalue weighted by Gasteiger charge is 2.62. The Bertz CT molecular complexity index is 1920. The molecule has 1 saturated heterocycles. The van der Waals surface area contributed by atoms with Gasteiger partial charge >= 0.3 is 12.2 Å². The van der Waals surface area contributed by atoms with Crippen LogP contribution in [0.3, 0.4) is 0 Å². The van der Waals surface area contributed by atoms with Gasteiger partial charge in [0, 0.05) is 26.1 Å². The summed E-state index contributed by atoms with van der Waals surface area (Å²) >= 11 is 0. The highest BCUT2D eigenvalue weighted by molar-refractivity contribution is 7.91. The third-order valence-electron chi connectivity index (χ3n) is 11.4. The van der Waals surface area contributed by atoms with Crippen molar-refractivity contribution in [3.05, 3.63) is 34.9 Å². The lowest BCUT2D eigenvalue weighted by atomic mass is 9.85. The number of hydrogen-bond donors (Lipinski definition) is 4. The summed E-state index contributed by atoms with van der Waals surface area (Å²) in [7, 11) is -3.92. The number of ether oxygens (including phenoxy) is 3. The van der Waals surface area contributed by atoms with Crippen molar-refractivity contribution in [3.8, 4) is 0 Å². The molecule has 3 fully saturated rings. The molecule has 2 saturated carbocycles. The molecule has 0 unspecified atom stereocenters. The Labute approximate surface area is 340 Å². The molecule has 18 heteroatoms. The molecule has 320 valence electrons. The Kier molecular flexibility index (Phi) is 12.1. The minimum Gasteiger partial charge on any atom is -0.444 e. The van der Waals surface area contributed by atoms with E-state index in [2.05, 4.69) is 20.7 Å². The van der Waals surface area contributed by atoms with Crippen molar-refractivity contribution in [1.82, 2.24) is 30.5 Å². The van der Waals surface area contributed by atoms with E-state index in [-0.39, 0.29) is 38.5 Å². The first-order valence-corrected chi connectivity index (χ1v) is 21.8. The Morgan fingerprint density at radius 1 is 1.03 bits per heavy atom. The van der Waals surface area contributed by atoms with E-state index in [1.807, 2.05) is 25.1 Å². The van der Waals surface area contributed by atoms with Crippen molar-refractivity contribution >= 4 is 45.8 Å². The molecule has 2 aliphatic carbocycles. The maximum atomic E-state index is 14.8. The normalized spacial score (nSPS) is 28.3. The molecule has 0 radical (unpaired) electrons. The lowest BCUT2D eigenvalue weighted by molar-refractivity contribution is -0.145. The number of hydrogen-bond acceptors (Lipinski definition) is 11. The number of amides is 6. The van der Waals surface area contributed by atoms with Crippen LogP contribution in [0, 0.1) is 11.3 Å². The monoisotopic (exact) mass is 830 g/mol. The second kappa shape index (κ2) is 16.3. The first kappa shape index (κ1) is 43.1. The van der Waals surface area contributed by atoms with E-state index >= 15 is 0 Å². The molecule has 4 N–H and O–H groups in total. The number of fused-ring (bicyclic) bond motifs is 3. The number of aryl methyl sites for hydroxylation is 1. The van der Waals surface area contributed by atoms with Gasteiger partial charge in [-0.1, -0.05) is 52.3 Å². The minimum atomic E-state index is -3.92. The summed E-state index contributed by atoms with van der Waals surface area (Å²) in [5.41, 5.74) is -0.321. The van der Waals surface area contributed by atoms with Gasteiger partial charge in [0.1, 0.15) is 35.4 Å². The zero-order valence-corrected chi connectivity index (χ0v) is 35.3. The Balaban J connectivity index is 1.31. The van der Waals surface area contributed by atoms with Crippen molar-refractivity contribution in [2.45, 2.75) is 147 Å². The summed E-state index contributed by atoms with van der Waals surface area (Å²) in [6.45, 7) is 12.5. The highest BCUT2D eigenvalue weighted by Crippen LogP contribution is 2.47. The summed E-state index contributed by atoms with van der Waals surface area (Å²) in [4.78, 5) is 86.2. The van der Waals surface area contributed by atoms with Crippen LogP contribution in [0.25, 0.3) is 0 Å². The van der Waals surface area contributed by atoms with Gasteiger partial charge in [0.15, 0.2) is 0 Å². The average Bonchev–Trinajstić information content (AvgIpc) is 4.01. The van der Waals surface area contributed by atoms with Gasteiger partial charge in [0.25, 0.3) is 5.91 Å². The van der Waals surface area contributed by atoms with E-state index in [4.69, 9.17) is 14.2 Å². The van der Waals surface area contributed by atoms with Gasteiger partial charge in [-0.05, 0) is 80.9 Å². The lowest BCUT2D eigenvalue weighted by Crippen LogP contribution is -2.62. The summed E-state index contributed by atoms with van der Waals surface area (Å²) < 4.78 is 45.1. The number of sulfonamides is 1. The Hall–Kier alpha value is -4.45. The first-order valence-electron chi connectivity index (χ1n) is 20.2. The second-order valence-corrected chi connectivity index (χ2v) is 20.2. The highest BCUT2D eigenvalue weighted by atomic mass is 32.2. The molecule has 6 atom stereocenters. The standard InChI is InChI=1S/C40H58N6O11S/c1-8-25-18-40(25,35(50)44-58(53,54)27-14-15-27)43-33(48)30-17-26-20-46(30)34(49)31(38(2,3)4)42-32(47)29(41-36(51)57-39(5,6)7)22-55-16-10-13-23-11-9-12-24-19-45(21-28(23)24)37(52)56-26/h9,11-12,25-27,29-31H,8,10,13-22H2,1-7H3,(H,41,51)(H,42,47)(H,43,48)(H,44,50)/t25-,26-,29+,30+,31-,40-/m1/s1. The summed E-state index contributed by atoms with van der Waals surface area (Å²) in [6, 6.07) is 2.08. The summed E-state index contributed by atoms with van der Waals surface area (Å²) in [5, 5.41) is 7.53. The second-order valence-electron chi connectivity index (χ2n) is 18.3. The molecule has 0 spiro atoms. The number of carbonyl (C=O) groups is 6. The van der Waals surface area contributed by atoms with Crippen LogP contribution in [0.2, 0.25) is 0 Å². The maximum Gasteiger partial charge on any atom is 0.410 e. The molecule has 5 aliphatic rings. The lowest BCUT2D eigenvalue weighted by Gasteiger charge is -2.36. The quantitative estimate of drug-likeness (QED) is 0.313. The molecule has 0 aromatic heterocycles. The van der Waals surface area contributed by atoms with Crippen LogP contribution in [-0.2, 0) is 62.9 Å². The molecule has 3 heterocycles. The Morgan fingerprint density at radius 2 is 1.74 bits per heavy atom. The van der Waals surface area contributed by atoms with Gasteiger partial charge in [-0.15, -0.1) is 0 Å². The molecule has 17 nitrogen and oxygen atoms in total. The van der Waals surface area contributed by atoms with E-state index in [9.17, 15) is 37.2 Å². The largest absolute Gasteiger partial charge is 0.444 e. The SMILES string of the molecule is CC[C@@H]1C[C@]1(NC(=O)[C@@H]1C[C@@H]2CN1C(=O)[C@H](C(C)(C)C)NC(=O)[C@@H](NC(=O)OC(C)(C)C)COCCCc1cccc3c1CN(C3)C(=O)O2)C(=O)NS(=O)(=O)C1CC1. The van der Waals surface area contributed by atoms with Gasteiger partial charge < -0.3 is 35.1 Å². The third kappa shape index (κ3) is 9.70. The van der Waals surface area contributed by atoms with Crippen molar-refractivity contribution < 1.29 is 51.4 Å². The molecule has 4 bridgehead atoms. The molecular formula is C40H58N6O11S. The van der Waals surface area contributed by atoms with Crippen molar-refractivity contribution in [1.29, 1.82) is 0 Å². The summed E-state index contributed by atoms with van der Waals surface area (Å²) in [5.74, 6) is -3.29. The maximum absolute atomic E-state index is 14.8. The predicted octanol–water partition coefficient (Wildman–Crippen LogP) is 2.39. The van der Waals surface area contributed by atoms with Gasteiger partial charge in [-0.2, -0.15) is 0 Å².